The van der Waals surface area contributed by atoms with Gasteiger partial charge in [0.25, 0.3) is 0 Å². The lowest BCUT2D eigenvalue weighted by Crippen LogP contribution is -2.55. The van der Waals surface area contributed by atoms with E-state index in [1.165, 1.54) is 0 Å². The van der Waals surface area contributed by atoms with Gasteiger partial charge in [0.15, 0.2) is 5.82 Å². The van der Waals surface area contributed by atoms with Gasteiger partial charge in [0, 0.05) is 30.4 Å². The van der Waals surface area contributed by atoms with E-state index < -0.39 is 5.97 Å². The lowest BCUT2D eigenvalue weighted by atomic mass is 9.85. The summed E-state index contributed by atoms with van der Waals surface area (Å²) >= 11 is 0. The van der Waals surface area contributed by atoms with E-state index in [0.717, 1.165) is 30.1 Å². The first-order valence-electron chi connectivity index (χ1n) is 9.37. The summed E-state index contributed by atoms with van der Waals surface area (Å²) in [5.41, 5.74) is 1.55. The van der Waals surface area contributed by atoms with Gasteiger partial charge in [-0.05, 0) is 38.4 Å². The maximum atomic E-state index is 12.3. The first kappa shape index (κ1) is 19.8. The average Bonchev–Trinajstić information content (AvgIpc) is 2.95. The zero-order chi connectivity index (χ0) is 20.3. The molecule has 3 rings (SSSR count). The molecule has 0 aliphatic heterocycles. The number of anilines is 1. The third kappa shape index (κ3) is 4.48. The fraction of sp³-hybridized carbons (Fsp3) is 0.474. The number of nitrogens with one attached hydrogen (secondary N) is 2. The quantitative estimate of drug-likeness (QED) is 0.669. The van der Waals surface area contributed by atoms with E-state index in [1.54, 1.807) is 0 Å². The van der Waals surface area contributed by atoms with Gasteiger partial charge in [-0.25, -0.2) is 4.79 Å². The molecule has 28 heavy (non-hydrogen) atoms. The van der Waals surface area contributed by atoms with Crippen molar-refractivity contribution < 1.29 is 14.7 Å². The van der Waals surface area contributed by atoms with E-state index in [-0.39, 0.29) is 24.7 Å². The third-order valence-corrected chi connectivity index (χ3v) is 5.18. The summed E-state index contributed by atoms with van der Waals surface area (Å²) in [5, 5.41) is 23.0. The highest BCUT2D eigenvalue weighted by atomic mass is 16.4. The number of rotatable bonds is 7. The molecule has 1 aromatic carbocycles. The Bertz CT molecular complexity index is 859. The molecule has 1 saturated carbocycles. The van der Waals surface area contributed by atoms with Gasteiger partial charge in [0.05, 0.1) is 6.54 Å². The highest BCUT2D eigenvalue weighted by molar-refractivity contribution is 5.90. The van der Waals surface area contributed by atoms with Gasteiger partial charge in [-0.1, -0.05) is 19.1 Å². The fourth-order valence-electron chi connectivity index (χ4n) is 3.42. The van der Waals surface area contributed by atoms with Crippen LogP contribution in [0.5, 0.6) is 0 Å². The number of urea groups is 1. The summed E-state index contributed by atoms with van der Waals surface area (Å²) in [5.74, 6) is 0.727. The molecule has 0 radical (unpaired) electrons. The standard InChI is InChI=1S/C19H26N6O3/c1-4-25(11-17(26)27)16-9-15(10-16)21-19(28)20-14-7-5-6-13(8-14)18-23-22-12(2)24(18)3/h5-8,15-16H,4,9-11H2,1-3H3,(H,26,27)(H2,20,21,28). The first-order chi connectivity index (χ1) is 13.4. The molecule has 1 aliphatic carbocycles. The van der Waals surface area contributed by atoms with Crippen LogP contribution < -0.4 is 10.6 Å². The monoisotopic (exact) mass is 386 g/mol. The van der Waals surface area contributed by atoms with Crippen molar-refractivity contribution >= 4 is 17.7 Å². The zero-order valence-electron chi connectivity index (χ0n) is 16.3. The number of likely N-dealkylation sites (N-methyl/N-ethyl adjacent to an activating group) is 1. The van der Waals surface area contributed by atoms with E-state index in [0.29, 0.717) is 12.2 Å². The van der Waals surface area contributed by atoms with Crippen LogP contribution in [0.2, 0.25) is 0 Å². The van der Waals surface area contributed by atoms with E-state index in [1.807, 2.05) is 54.6 Å². The molecular formula is C19H26N6O3. The summed E-state index contributed by atoms with van der Waals surface area (Å²) in [6, 6.07) is 7.45. The Kier molecular flexibility index (Phi) is 5.93. The van der Waals surface area contributed by atoms with Crippen molar-refractivity contribution in [2.75, 3.05) is 18.4 Å². The molecule has 3 N–H and O–H groups in total. The molecule has 1 fully saturated rings. The number of aliphatic carboxylic acids is 1. The Morgan fingerprint density at radius 2 is 2.07 bits per heavy atom. The summed E-state index contributed by atoms with van der Waals surface area (Å²) in [6.07, 6.45) is 1.51. The first-order valence-corrected chi connectivity index (χ1v) is 9.37. The van der Waals surface area contributed by atoms with Crippen LogP contribution >= 0.6 is 0 Å². The highest BCUT2D eigenvalue weighted by Gasteiger charge is 2.34. The van der Waals surface area contributed by atoms with Crippen molar-refractivity contribution in [3.8, 4) is 11.4 Å². The van der Waals surface area contributed by atoms with Crippen molar-refractivity contribution in [3.63, 3.8) is 0 Å². The Labute approximate surface area is 163 Å². The van der Waals surface area contributed by atoms with Gasteiger partial charge in [-0.2, -0.15) is 0 Å². The van der Waals surface area contributed by atoms with Gasteiger partial charge in [-0.3, -0.25) is 9.69 Å². The summed E-state index contributed by atoms with van der Waals surface area (Å²) < 4.78 is 1.89. The second-order valence-electron chi connectivity index (χ2n) is 7.09. The Hall–Kier alpha value is -2.94. The van der Waals surface area contributed by atoms with Crippen LogP contribution in [-0.2, 0) is 11.8 Å². The van der Waals surface area contributed by atoms with E-state index >= 15 is 0 Å². The fourth-order valence-corrected chi connectivity index (χ4v) is 3.42. The number of benzene rings is 1. The minimum atomic E-state index is -0.825. The molecular weight excluding hydrogens is 360 g/mol. The minimum Gasteiger partial charge on any atom is -0.480 e. The molecule has 150 valence electrons. The van der Waals surface area contributed by atoms with Crippen LogP contribution in [0.4, 0.5) is 10.5 Å². The number of carboxylic acids is 1. The van der Waals surface area contributed by atoms with Gasteiger partial charge in [0.2, 0.25) is 0 Å². The maximum Gasteiger partial charge on any atom is 0.319 e. The highest BCUT2D eigenvalue weighted by Crippen LogP contribution is 2.26. The molecule has 1 aromatic heterocycles. The molecule has 1 aliphatic rings. The molecule has 2 aromatic rings. The maximum absolute atomic E-state index is 12.3. The molecule has 9 heteroatoms. The number of aromatic nitrogens is 3. The molecule has 0 saturated heterocycles. The van der Waals surface area contributed by atoms with Gasteiger partial charge in [0.1, 0.15) is 5.82 Å². The van der Waals surface area contributed by atoms with E-state index in [4.69, 9.17) is 5.11 Å². The van der Waals surface area contributed by atoms with Gasteiger partial charge in [-0.15, -0.1) is 10.2 Å². The minimum absolute atomic E-state index is 0.0361. The zero-order valence-corrected chi connectivity index (χ0v) is 16.3. The molecule has 9 nitrogen and oxygen atoms in total. The molecule has 0 unspecified atom stereocenters. The predicted molar refractivity (Wildman–Crippen MR) is 105 cm³/mol. The van der Waals surface area contributed by atoms with Crippen LogP contribution in [0.15, 0.2) is 24.3 Å². The number of carbonyl (C=O) groups excluding carboxylic acids is 1. The second kappa shape index (κ2) is 8.39. The Morgan fingerprint density at radius 3 is 2.68 bits per heavy atom. The number of hydrogen-bond donors (Lipinski definition) is 3. The lowest BCUT2D eigenvalue weighted by molar-refractivity contribution is -0.139. The topological polar surface area (TPSA) is 112 Å². The SMILES string of the molecule is CCN(CC(=O)O)C1CC(NC(=O)Nc2cccc(-c3nnc(C)n3C)c2)C1. The molecule has 2 amide bonds. The largest absolute Gasteiger partial charge is 0.480 e. The normalized spacial score (nSPS) is 18.6. The number of aryl methyl sites for hydroxylation is 1. The van der Waals surface area contributed by atoms with Crippen LogP contribution in [0.3, 0.4) is 0 Å². The third-order valence-electron chi connectivity index (χ3n) is 5.18. The van der Waals surface area contributed by atoms with Crippen LogP contribution in [0.25, 0.3) is 11.4 Å². The van der Waals surface area contributed by atoms with Gasteiger partial charge < -0.3 is 20.3 Å². The predicted octanol–water partition coefficient (Wildman–Crippen LogP) is 1.85. The number of carboxylic acid groups (broad SMARTS) is 1. The number of hydrogen-bond acceptors (Lipinski definition) is 5. The summed E-state index contributed by atoms with van der Waals surface area (Å²) in [4.78, 5) is 25.1. The second-order valence-corrected chi connectivity index (χ2v) is 7.09. The molecule has 0 spiro atoms. The number of nitrogens with zero attached hydrogens (tertiary/aromatic N) is 4. The van der Waals surface area contributed by atoms with Crippen LogP contribution in [0, 0.1) is 6.92 Å². The average molecular weight is 386 g/mol. The Balaban J connectivity index is 1.53. The molecule has 1 heterocycles. The number of carbonyl (C=O) groups is 2. The summed E-state index contributed by atoms with van der Waals surface area (Å²) in [7, 11) is 1.90. The van der Waals surface area contributed by atoms with E-state index in [9.17, 15) is 9.59 Å². The van der Waals surface area contributed by atoms with Crippen molar-refractivity contribution in [1.82, 2.24) is 25.0 Å². The van der Waals surface area contributed by atoms with E-state index in [2.05, 4.69) is 20.8 Å². The van der Waals surface area contributed by atoms with Crippen molar-refractivity contribution in [2.24, 2.45) is 7.05 Å². The number of amides is 2. The van der Waals surface area contributed by atoms with Crippen LogP contribution in [0.1, 0.15) is 25.6 Å². The molecule has 0 bridgehead atoms. The van der Waals surface area contributed by atoms with Crippen LogP contribution in [-0.4, -0.2) is 61.9 Å². The van der Waals surface area contributed by atoms with Crippen molar-refractivity contribution in [1.29, 1.82) is 0 Å². The summed E-state index contributed by atoms with van der Waals surface area (Å²) in [6.45, 7) is 4.55. The Morgan fingerprint density at radius 1 is 1.32 bits per heavy atom. The van der Waals surface area contributed by atoms with Crippen molar-refractivity contribution in [3.05, 3.63) is 30.1 Å². The smallest absolute Gasteiger partial charge is 0.319 e. The molecule has 0 atom stereocenters. The van der Waals surface area contributed by atoms with Gasteiger partial charge >= 0.3 is 12.0 Å². The van der Waals surface area contributed by atoms with Crippen molar-refractivity contribution in [2.45, 2.75) is 38.8 Å². The lowest BCUT2D eigenvalue weighted by Gasteiger charge is -2.42.